The standard InChI is InChI=1S/C15H18N2O.C4H4O4/c1-3-11-10-6-9(2)8-15(11,16)12-4-5-14(18)17-13(12)7-10;5-3(6)1-2-4(7)8/h3-6,10H,7-8,16H2,1-2H3,(H,17,18);1-2H,(H,5,6)(H,7,8)/b11-3+;2-1+/t10-,15+;/m0./s1. The number of carbonyl (C=O) groups is 2. The average molecular weight is 358 g/mol. The summed E-state index contributed by atoms with van der Waals surface area (Å²) in [6.45, 7) is 4.19. The van der Waals surface area contributed by atoms with Crippen molar-refractivity contribution in [2.75, 3.05) is 0 Å². The molecule has 0 unspecified atom stereocenters. The van der Waals surface area contributed by atoms with Gasteiger partial charge in [0.2, 0.25) is 5.56 Å². The van der Waals surface area contributed by atoms with Crippen LogP contribution in [0.2, 0.25) is 0 Å². The van der Waals surface area contributed by atoms with E-state index in [4.69, 9.17) is 15.9 Å². The number of hydrogen-bond acceptors (Lipinski definition) is 4. The van der Waals surface area contributed by atoms with Gasteiger partial charge in [-0.2, -0.15) is 0 Å². The number of hydrogen-bond donors (Lipinski definition) is 4. The van der Waals surface area contributed by atoms with Gasteiger partial charge in [0.05, 0.1) is 5.54 Å². The first-order valence-electron chi connectivity index (χ1n) is 8.17. The number of carboxylic acids is 2. The first kappa shape index (κ1) is 19.4. The third-order valence-electron chi connectivity index (χ3n) is 4.54. The molecule has 0 fully saturated rings. The Bertz CT molecular complexity index is 862. The van der Waals surface area contributed by atoms with E-state index in [1.54, 1.807) is 6.07 Å². The molecule has 0 amide bonds. The molecule has 0 radical (unpaired) electrons. The number of H-pyrrole nitrogens is 1. The molecule has 2 aliphatic rings. The van der Waals surface area contributed by atoms with Gasteiger partial charge < -0.3 is 20.9 Å². The molecule has 0 spiro atoms. The summed E-state index contributed by atoms with van der Waals surface area (Å²) in [5, 5.41) is 15.6. The molecule has 5 N–H and O–H groups in total. The normalized spacial score (nSPS) is 25.1. The molecule has 0 aliphatic heterocycles. The second-order valence-electron chi connectivity index (χ2n) is 6.44. The highest BCUT2D eigenvalue weighted by Gasteiger charge is 2.43. The summed E-state index contributed by atoms with van der Waals surface area (Å²) in [5.41, 5.74) is 10.9. The third kappa shape index (κ3) is 4.00. The van der Waals surface area contributed by atoms with Crippen molar-refractivity contribution in [1.29, 1.82) is 0 Å². The molecule has 1 aromatic heterocycles. The number of carboxylic acid groups (broad SMARTS) is 2. The molecular weight excluding hydrogens is 336 g/mol. The van der Waals surface area contributed by atoms with Crippen LogP contribution in [0.15, 0.2) is 52.4 Å². The monoisotopic (exact) mass is 358 g/mol. The van der Waals surface area contributed by atoms with E-state index < -0.39 is 17.5 Å². The molecule has 0 saturated carbocycles. The van der Waals surface area contributed by atoms with Crippen molar-refractivity contribution >= 4 is 11.9 Å². The second kappa shape index (κ2) is 7.53. The van der Waals surface area contributed by atoms with Gasteiger partial charge in [0.25, 0.3) is 0 Å². The van der Waals surface area contributed by atoms with E-state index in [1.807, 2.05) is 6.07 Å². The van der Waals surface area contributed by atoms with Crippen LogP contribution >= 0.6 is 0 Å². The highest BCUT2D eigenvalue weighted by atomic mass is 16.4. The fraction of sp³-hybridized carbons (Fsp3) is 0.316. The van der Waals surface area contributed by atoms with Gasteiger partial charge in [-0.05, 0) is 43.9 Å². The molecule has 0 saturated heterocycles. The van der Waals surface area contributed by atoms with Gasteiger partial charge >= 0.3 is 11.9 Å². The molecule has 1 heterocycles. The topological polar surface area (TPSA) is 133 Å². The molecule has 2 bridgehead atoms. The number of nitrogens with two attached hydrogens (primary N) is 1. The van der Waals surface area contributed by atoms with Crippen molar-refractivity contribution in [2.24, 2.45) is 11.7 Å². The van der Waals surface area contributed by atoms with Crippen LogP contribution in [0.25, 0.3) is 0 Å². The van der Waals surface area contributed by atoms with Crippen molar-refractivity contribution in [2.45, 2.75) is 32.2 Å². The van der Waals surface area contributed by atoms with Crippen molar-refractivity contribution < 1.29 is 19.8 Å². The van der Waals surface area contributed by atoms with Gasteiger partial charge in [0.1, 0.15) is 0 Å². The average Bonchev–Trinajstić information content (AvgIpc) is 2.52. The summed E-state index contributed by atoms with van der Waals surface area (Å²) in [7, 11) is 0. The van der Waals surface area contributed by atoms with Gasteiger partial charge in [-0.25, -0.2) is 9.59 Å². The lowest BCUT2D eigenvalue weighted by molar-refractivity contribution is -0.134. The molecular formula is C19H22N2O5. The molecule has 2 aliphatic carbocycles. The first-order valence-corrected chi connectivity index (χ1v) is 8.17. The Labute approximate surface area is 150 Å². The summed E-state index contributed by atoms with van der Waals surface area (Å²) < 4.78 is 0. The van der Waals surface area contributed by atoms with Crippen LogP contribution in [0.3, 0.4) is 0 Å². The van der Waals surface area contributed by atoms with Gasteiger partial charge in [-0.1, -0.05) is 17.7 Å². The summed E-state index contributed by atoms with van der Waals surface area (Å²) in [4.78, 5) is 33.5. The SMILES string of the molecule is C/C=C1\[C@H]2C=C(C)C[C@]1(N)c1ccc(=O)[nH]c1C2.O=C(O)/C=C/C(=O)O. The lowest BCUT2D eigenvalue weighted by Gasteiger charge is -2.45. The molecule has 2 atom stereocenters. The molecule has 1 aromatic rings. The van der Waals surface area contributed by atoms with E-state index in [0.717, 1.165) is 24.1 Å². The summed E-state index contributed by atoms with van der Waals surface area (Å²) in [6.07, 6.45) is 7.23. The van der Waals surface area contributed by atoms with Crippen LogP contribution in [0, 0.1) is 5.92 Å². The minimum absolute atomic E-state index is 0.0416. The maximum Gasteiger partial charge on any atom is 0.328 e. The Morgan fingerprint density at radius 3 is 2.42 bits per heavy atom. The third-order valence-corrected chi connectivity index (χ3v) is 4.54. The van der Waals surface area contributed by atoms with Crippen LogP contribution in [0.5, 0.6) is 0 Å². The summed E-state index contributed by atoms with van der Waals surface area (Å²) in [6, 6.07) is 3.47. The van der Waals surface area contributed by atoms with E-state index in [1.165, 1.54) is 11.1 Å². The van der Waals surface area contributed by atoms with E-state index in [9.17, 15) is 14.4 Å². The van der Waals surface area contributed by atoms with Crippen molar-refractivity contribution in [3.05, 3.63) is 69.2 Å². The molecule has 138 valence electrons. The Kier molecular flexibility index (Phi) is 5.62. The lowest BCUT2D eigenvalue weighted by atomic mass is 9.63. The maximum absolute atomic E-state index is 11.5. The van der Waals surface area contributed by atoms with Gasteiger partial charge in [-0.15, -0.1) is 0 Å². The molecule has 7 nitrogen and oxygen atoms in total. The lowest BCUT2D eigenvalue weighted by Crippen LogP contribution is -2.48. The number of allylic oxidation sites excluding steroid dienone is 2. The van der Waals surface area contributed by atoms with Gasteiger partial charge in [-0.3, -0.25) is 4.79 Å². The van der Waals surface area contributed by atoms with E-state index >= 15 is 0 Å². The van der Waals surface area contributed by atoms with Crippen molar-refractivity contribution in [1.82, 2.24) is 4.98 Å². The number of aromatic nitrogens is 1. The predicted molar refractivity (Wildman–Crippen MR) is 96.7 cm³/mol. The Hall–Kier alpha value is -2.93. The zero-order chi connectivity index (χ0) is 19.5. The zero-order valence-electron chi connectivity index (χ0n) is 14.7. The number of pyridine rings is 1. The quantitative estimate of drug-likeness (QED) is 0.470. The minimum Gasteiger partial charge on any atom is -0.478 e. The number of fused-ring (bicyclic) bond motifs is 4. The van der Waals surface area contributed by atoms with E-state index in [-0.39, 0.29) is 5.56 Å². The Balaban J connectivity index is 0.000000260. The number of nitrogens with one attached hydrogen (secondary N) is 1. The minimum atomic E-state index is -1.26. The van der Waals surface area contributed by atoms with Crippen LogP contribution < -0.4 is 11.3 Å². The van der Waals surface area contributed by atoms with E-state index in [2.05, 4.69) is 31.0 Å². The van der Waals surface area contributed by atoms with E-state index in [0.29, 0.717) is 18.1 Å². The van der Waals surface area contributed by atoms with Crippen LogP contribution in [-0.4, -0.2) is 27.1 Å². The number of aliphatic carboxylic acids is 2. The maximum atomic E-state index is 11.5. The smallest absolute Gasteiger partial charge is 0.328 e. The first-order chi connectivity index (χ1) is 12.2. The molecule has 7 heteroatoms. The largest absolute Gasteiger partial charge is 0.478 e. The van der Waals surface area contributed by atoms with Gasteiger partial charge in [0, 0.05) is 29.8 Å². The Morgan fingerprint density at radius 1 is 1.27 bits per heavy atom. The van der Waals surface area contributed by atoms with Gasteiger partial charge in [0.15, 0.2) is 0 Å². The van der Waals surface area contributed by atoms with Crippen LogP contribution in [-0.2, 0) is 21.5 Å². The number of aromatic amines is 1. The van der Waals surface area contributed by atoms with Crippen LogP contribution in [0.1, 0.15) is 31.5 Å². The molecule has 3 rings (SSSR count). The summed E-state index contributed by atoms with van der Waals surface area (Å²) in [5.74, 6) is -2.18. The van der Waals surface area contributed by atoms with Crippen LogP contribution in [0.4, 0.5) is 0 Å². The fourth-order valence-corrected chi connectivity index (χ4v) is 3.71. The highest BCUT2D eigenvalue weighted by Crippen LogP contribution is 2.47. The molecule has 26 heavy (non-hydrogen) atoms. The Morgan fingerprint density at radius 2 is 1.88 bits per heavy atom. The predicted octanol–water partition coefficient (Wildman–Crippen LogP) is 1.71. The summed E-state index contributed by atoms with van der Waals surface area (Å²) >= 11 is 0. The fourth-order valence-electron chi connectivity index (χ4n) is 3.71. The van der Waals surface area contributed by atoms with Crippen molar-refractivity contribution in [3.8, 4) is 0 Å². The molecule has 0 aromatic carbocycles. The second-order valence-corrected chi connectivity index (χ2v) is 6.44. The highest BCUT2D eigenvalue weighted by molar-refractivity contribution is 5.89. The zero-order valence-corrected chi connectivity index (χ0v) is 14.7. The van der Waals surface area contributed by atoms with Crippen molar-refractivity contribution in [3.63, 3.8) is 0 Å². The number of rotatable bonds is 2.